The van der Waals surface area contributed by atoms with Gasteiger partial charge >= 0.3 is 176 Å². The van der Waals surface area contributed by atoms with Crippen LogP contribution in [0.15, 0.2) is 0 Å². The van der Waals surface area contributed by atoms with Gasteiger partial charge in [0.1, 0.15) is 0 Å². The van der Waals surface area contributed by atoms with Gasteiger partial charge in [0.05, 0.1) is 0 Å². The molecule has 0 saturated heterocycles. The van der Waals surface area contributed by atoms with Gasteiger partial charge in [-0.05, 0) is 0 Å². The van der Waals surface area contributed by atoms with E-state index >= 15 is 0 Å². The minimum absolute atomic E-state index is 0.761. The van der Waals surface area contributed by atoms with Crippen LogP contribution in [0.5, 0.6) is 0 Å². The van der Waals surface area contributed by atoms with Crippen LogP contribution in [0.4, 0.5) is 0 Å². The van der Waals surface area contributed by atoms with E-state index in [-0.39, 0.29) is 0 Å². The Morgan fingerprint density at radius 1 is 0.385 bits per heavy atom. The molecule has 0 aromatic rings. The van der Waals surface area contributed by atoms with Gasteiger partial charge in [-0.25, -0.2) is 0 Å². The Hall–Kier alpha value is 0.949. The molecule has 26 heavy (non-hydrogen) atoms. The van der Waals surface area contributed by atoms with Gasteiger partial charge in [0.2, 0.25) is 0 Å². The van der Waals surface area contributed by atoms with Crippen molar-refractivity contribution in [3.63, 3.8) is 0 Å². The average molecular weight is 450 g/mol. The fourth-order valence-corrected chi connectivity index (χ4v) is 9.38. The van der Waals surface area contributed by atoms with Crippen molar-refractivity contribution in [2.24, 2.45) is 0 Å². The quantitative estimate of drug-likeness (QED) is 0.0931. The van der Waals surface area contributed by atoms with Crippen molar-refractivity contribution in [3.05, 3.63) is 0 Å². The summed E-state index contributed by atoms with van der Waals surface area (Å²) in [6, 6.07) is 0. The summed E-state index contributed by atoms with van der Waals surface area (Å²) in [5, 5.41) is 0. The van der Waals surface area contributed by atoms with Crippen LogP contribution in [-0.4, -0.2) is 34.1 Å². The summed E-state index contributed by atoms with van der Waals surface area (Å²) in [7, 11) is 0. The van der Waals surface area contributed by atoms with Crippen LogP contribution in [0.2, 0.25) is 0 Å². The summed E-state index contributed by atoms with van der Waals surface area (Å²) in [5.74, 6) is -0.761. The number of unbranched alkanes of at least 4 members (excludes halogenated alkanes) is 15. The first-order valence-corrected chi connectivity index (χ1v) is 16.8. The zero-order chi connectivity index (χ0) is 19.3. The molecular formula is C24H51PSe+. The monoisotopic (exact) mass is 450 g/mol. The fraction of sp³-hybridized carbons (Fsp3) is 1.00. The molecule has 0 amide bonds. The summed E-state index contributed by atoms with van der Waals surface area (Å²) in [5.41, 5.74) is 0. The van der Waals surface area contributed by atoms with E-state index in [4.69, 9.17) is 0 Å². The SMILES string of the molecule is CCCCCCCC[P+]([Se])(CCCCCCCC)CCCCCCCC. The van der Waals surface area contributed by atoms with Crippen LogP contribution >= 0.6 is 5.95 Å². The first-order valence-electron chi connectivity index (χ1n) is 12.3. The Morgan fingerprint density at radius 3 is 0.885 bits per heavy atom. The maximum absolute atomic E-state index is 3.81. The Labute approximate surface area is 176 Å². The van der Waals surface area contributed by atoms with Crippen molar-refractivity contribution < 1.29 is 0 Å². The molecule has 0 nitrogen and oxygen atoms in total. The van der Waals surface area contributed by atoms with E-state index in [1.54, 1.807) is 18.5 Å². The second kappa shape index (κ2) is 20.7. The van der Waals surface area contributed by atoms with Gasteiger partial charge in [-0.1, -0.05) is 0 Å². The molecule has 0 rings (SSSR count). The molecule has 0 heterocycles. The van der Waals surface area contributed by atoms with Crippen LogP contribution in [0, 0.1) is 0 Å². The molecular weight excluding hydrogens is 398 g/mol. The third kappa shape index (κ3) is 18.3. The normalized spacial score (nSPS) is 12.0. The molecule has 0 spiro atoms. The molecule has 0 aromatic carbocycles. The standard InChI is InChI=1S/C24H51PSe/c1-4-7-10-13-16-19-22-25(26,23-20-17-14-11-8-5-2)24-21-18-15-12-9-6-3/h4-24H2,1-3H3/q+1. The van der Waals surface area contributed by atoms with Gasteiger partial charge < -0.3 is 0 Å². The minimum atomic E-state index is -0.761. The summed E-state index contributed by atoms with van der Waals surface area (Å²) in [6.45, 7) is 6.95. The Kier molecular flexibility index (Phi) is 21.4. The molecule has 0 fully saturated rings. The topological polar surface area (TPSA) is 0 Å². The Bertz CT molecular complexity index is 226. The average Bonchev–Trinajstić information content (AvgIpc) is 2.64. The van der Waals surface area contributed by atoms with Gasteiger partial charge in [0, 0.05) is 0 Å². The molecule has 0 saturated carbocycles. The van der Waals surface area contributed by atoms with Gasteiger partial charge in [-0.2, -0.15) is 0 Å². The molecule has 2 heteroatoms. The summed E-state index contributed by atoms with van der Waals surface area (Å²) in [4.78, 5) is 0. The van der Waals surface area contributed by atoms with E-state index in [0.717, 1.165) is 0 Å². The number of rotatable bonds is 21. The molecule has 0 aliphatic rings. The van der Waals surface area contributed by atoms with Gasteiger partial charge in [0.15, 0.2) is 0 Å². The van der Waals surface area contributed by atoms with Crippen molar-refractivity contribution >= 4 is 21.5 Å². The second-order valence-corrected chi connectivity index (χ2v) is 16.9. The van der Waals surface area contributed by atoms with Crippen molar-refractivity contribution in [2.45, 2.75) is 136 Å². The first-order chi connectivity index (χ1) is 12.7. The predicted molar refractivity (Wildman–Crippen MR) is 127 cm³/mol. The molecule has 0 unspecified atom stereocenters. The van der Waals surface area contributed by atoms with E-state index in [1.807, 2.05) is 0 Å². The number of hydrogen-bond donors (Lipinski definition) is 0. The predicted octanol–water partition coefficient (Wildman–Crippen LogP) is 9.17. The van der Waals surface area contributed by atoms with Crippen molar-refractivity contribution in [1.29, 1.82) is 0 Å². The number of hydrogen-bond acceptors (Lipinski definition) is 0. The van der Waals surface area contributed by atoms with Crippen LogP contribution in [0.3, 0.4) is 0 Å². The van der Waals surface area contributed by atoms with Crippen LogP contribution in [-0.2, 0) is 0 Å². The van der Waals surface area contributed by atoms with E-state index in [2.05, 4.69) is 36.3 Å². The molecule has 0 aliphatic heterocycles. The molecule has 0 aliphatic carbocycles. The molecule has 0 aromatic heterocycles. The van der Waals surface area contributed by atoms with Gasteiger partial charge in [-0.3, -0.25) is 0 Å². The zero-order valence-electron chi connectivity index (χ0n) is 18.7. The summed E-state index contributed by atoms with van der Waals surface area (Å²) in [6.07, 6.45) is 30.8. The Morgan fingerprint density at radius 2 is 0.615 bits per heavy atom. The van der Waals surface area contributed by atoms with E-state index in [0.29, 0.717) is 0 Å². The van der Waals surface area contributed by atoms with Crippen molar-refractivity contribution in [2.75, 3.05) is 18.5 Å². The van der Waals surface area contributed by atoms with Crippen LogP contribution in [0.1, 0.15) is 136 Å². The van der Waals surface area contributed by atoms with Crippen LogP contribution < -0.4 is 0 Å². The van der Waals surface area contributed by atoms with Gasteiger partial charge in [-0.15, -0.1) is 0 Å². The van der Waals surface area contributed by atoms with E-state index in [1.165, 1.54) is 116 Å². The third-order valence-electron chi connectivity index (χ3n) is 5.76. The fourth-order valence-electron chi connectivity index (χ4n) is 3.88. The van der Waals surface area contributed by atoms with E-state index < -0.39 is 5.95 Å². The van der Waals surface area contributed by atoms with Crippen LogP contribution in [0.25, 0.3) is 0 Å². The molecule has 0 N–H and O–H groups in total. The Balaban J connectivity index is 4.02. The van der Waals surface area contributed by atoms with Crippen molar-refractivity contribution in [3.8, 4) is 0 Å². The summed E-state index contributed by atoms with van der Waals surface area (Å²) >= 11 is 3.81. The van der Waals surface area contributed by atoms with Gasteiger partial charge in [0.25, 0.3) is 0 Å². The first kappa shape index (κ1) is 26.9. The second-order valence-electron chi connectivity index (χ2n) is 8.53. The summed E-state index contributed by atoms with van der Waals surface area (Å²) < 4.78 is 0. The molecule has 0 atom stereocenters. The third-order valence-corrected chi connectivity index (χ3v) is 12.6. The van der Waals surface area contributed by atoms with E-state index in [9.17, 15) is 0 Å². The zero-order valence-corrected chi connectivity index (χ0v) is 21.3. The maximum atomic E-state index is 3.81. The molecule has 0 bridgehead atoms. The molecule has 1 radical (unpaired) electrons. The van der Waals surface area contributed by atoms with Crippen molar-refractivity contribution in [1.82, 2.24) is 0 Å². The molecule has 157 valence electrons.